The number of benzene rings is 1. The Bertz CT molecular complexity index is 583. The van der Waals surface area contributed by atoms with Crippen LogP contribution >= 0.6 is 0 Å². The third kappa shape index (κ3) is 2.06. The van der Waals surface area contributed by atoms with Gasteiger partial charge >= 0.3 is 5.97 Å². The number of para-hydroxylation sites is 1. The van der Waals surface area contributed by atoms with Gasteiger partial charge in [0.2, 0.25) is 5.91 Å². The van der Waals surface area contributed by atoms with Crippen LogP contribution in [-0.2, 0) is 16.0 Å². The van der Waals surface area contributed by atoms with E-state index in [9.17, 15) is 9.59 Å². The summed E-state index contributed by atoms with van der Waals surface area (Å²) in [5.41, 5.74) is 1.63. The average Bonchev–Trinajstić information content (AvgIpc) is 2.68. The molecule has 0 aliphatic heterocycles. The Balaban J connectivity index is 2.56. The Hall–Kier alpha value is -2.10. The number of carbonyl (C=O) groups excluding carboxylic acids is 2. The number of hydrogen-bond donors (Lipinski definition) is 0. The van der Waals surface area contributed by atoms with E-state index in [1.54, 1.807) is 10.8 Å². The van der Waals surface area contributed by atoms with Gasteiger partial charge in [-0.2, -0.15) is 0 Å². The fourth-order valence-corrected chi connectivity index (χ4v) is 1.88. The van der Waals surface area contributed by atoms with Crippen molar-refractivity contribution in [1.29, 1.82) is 0 Å². The van der Waals surface area contributed by atoms with Crippen LogP contribution < -0.4 is 0 Å². The molecule has 4 nitrogen and oxygen atoms in total. The van der Waals surface area contributed by atoms with Crippen molar-refractivity contribution in [3.05, 3.63) is 36.0 Å². The topological polar surface area (TPSA) is 48.3 Å². The second-order valence-electron chi connectivity index (χ2n) is 3.81. The first-order valence-corrected chi connectivity index (χ1v) is 5.30. The summed E-state index contributed by atoms with van der Waals surface area (Å²) >= 11 is 0. The molecule has 0 atom stereocenters. The summed E-state index contributed by atoms with van der Waals surface area (Å²) in [5, 5.41) is 0.910. The van der Waals surface area contributed by atoms with Crippen LogP contribution in [0, 0.1) is 0 Å². The molecule has 0 aliphatic carbocycles. The lowest BCUT2D eigenvalue weighted by Crippen LogP contribution is -2.05. The second-order valence-corrected chi connectivity index (χ2v) is 3.81. The standard InChI is InChI=1S/C13H13NO3/c1-9(15)14-8-10(7-13(16)17-2)11-5-3-4-6-12(11)14/h3-6,8H,7H2,1-2H3. The Kier molecular flexibility index (Phi) is 2.95. The highest BCUT2D eigenvalue weighted by Crippen LogP contribution is 2.21. The van der Waals surface area contributed by atoms with Gasteiger partial charge in [0, 0.05) is 18.5 Å². The minimum absolute atomic E-state index is 0.0719. The number of aromatic nitrogens is 1. The molecule has 0 saturated heterocycles. The summed E-state index contributed by atoms with van der Waals surface area (Å²) in [6.45, 7) is 1.49. The fraction of sp³-hybridized carbons (Fsp3) is 0.231. The highest BCUT2D eigenvalue weighted by Gasteiger charge is 2.13. The lowest BCUT2D eigenvalue weighted by atomic mass is 10.1. The molecular formula is C13H13NO3. The molecule has 0 N–H and O–H groups in total. The Labute approximate surface area is 98.8 Å². The van der Waals surface area contributed by atoms with Crippen molar-refractivity contribution in [1.82, 2.24) is 4.57 Å². The summed E-state index contributed by atoms with van der Waals surface area (Å²) in [4.78, 5) is 22.8. The first-order valence-electron chi connectivity index (χ1n) is 5.30. The molecule has 0 aliphatic rings. The summed E-state index contributed by atoms with van der Waals surface area (Å²) in [5.74, 6) is -0.381. The van der Waals surface area contributed by atoms with Crippen LogP contribution in [0.15, 0.2) is 30.5 Å². The molecule has 2 aromatic rings. The van der Waals surface area contributed by atoms with E-state index >= 15 is 0 Å². The highest BCUT2D eigenvalue weighted by atomic mass is 16.5. The summed E-state index contributed by atoms with van der Waals surface area (Å²) in [6.07, 6.45) is 1.88. The minimum Gasteiger partial charge on any atom is -0.469 e. The van der Waals surface area contributed by atoms with Crippen LogP contribution in [0.3, 0.4) is 0 Å². The van der Waals surface area contributed by atoms with Crippen LogP contribution in [0.25, 0.3) is 10.9 Å². The molecule has 1 heterocycles. The summed E-state index contributed by atoms with van der Waals surface area (Å²) < 4.78 is 6.19. The molecule has 0 unspecified atom stereocenters. The zero-order chi connectivity index (χ0) is 12.4. The quantitative estimate of drug-likeness (QED) is 0.743. The number of esters is 1. The molecule has 0 spiro atoms. The number of fused-ring (bicyclic) bond motifs is 1. The Morgan fingerprint density at radius 1 is 1.29 bits per heavy atom. The highest BCUT2D eigenvalue weighted by molar-refractivity contribution is 5.95. The van der Waals surface area contributed by atoms with Gasteiger partial charge in [-0.05, 0) is 11.6 Å². The van der Waals surface area contributed by atoms with Crippen molar-refractivity contribution in [3.63, 3.8) is 0 Å². The average molecular weight is 231 g/mol. The van der Waals surface area contributed by atoms with E-state index in [1.165, 1.54) is 14.0 Å². The predicted molar refractivity (Wildman–Crippen MR) is 64.0 cm³/mol. The molecule has 4 heteroatoms. The second kappa shape index (κ2) is 4.41. The monoisotopic (exact) mass is 231 g/mol. The van der Waals surface area contributed by atoms with Gasteiger partial charge < -0.3 is 4.74 Å². The van der Waals surface area contributed by atoms with E-state index in [4.69, 9.17) is 0 Å². The summed E-state index contributed by atoms with van der Waals surface area (Å²) in [6, 6.07) is 7.50. The minimum atomic E-state index is -0.309. The van der Waals surface area contributed by atoms with E-state index in [1.807, 2.05) is 24.3 Å². The molecule has 1 aromatic carbocycles. The van der Waals surface area contributed by atoms with Crippen molar-refractivity contribution < 1.29 is 14.3 Å². The number of hydrogen-bond acceptors (Lipinski definition) is 3. The van der Waals surface area contributed by atoms with Gasteiger partial charge in [-0.15, -0.1) is 0 Å². The van der Waals surface area contributed by atoms with Crippen LogP contribution in [0.1, 0.15) is 17.3 Å². The maximum Gasteiger partial charge on any atom is 0.310 e. The van der Waals surface area contributed by atoms with Gasteiger partial charge in [-0.3, -0.25) is 14.2 Å². The van der Waals surface area contributed by atoms with Gasteiger partial charge in [-0.25, -0.2) is 0 Å². The Morgan fingerprint density at radius 2 is 2.00 bits per heavy atom. The van der Waals surface area contributed by atoms with Crippen molar-refractivity contribution in [2.45, 2.75) is 13.3 Å². The first kappa shape index (κ1) is 11.4. The maximum absolute atomic E-state index is 11.5. The predicted octanol–water partition coefficient (Wildman–Crippen LogP) is 2.02. The lowest BCUT2D eigenvalue weighted by molar-refractivity contribution is -0.139. The number of nitrogens with zero attached hydrogens (tertiary/aromatic N) is 1. The van der Waals surface area contributed by atoms with Crippen LogP contribution in [0.5, 0.6) is 0 Å². The van der Waals surface area contributed by atoms with Gasteiger partial charge in [0.05, 0.1) is 19.0 Å². The van der Waals surface area contributed by atoms with Crippen LogP contribution in [0.2, 0.25) is 0 Å². The SMILES string of the molecule is COC(=O)Cc1cn(C(C)=O)c2ccccc12. The number of methoxy groups -OCH3 is 1. The fourth-order valence-electron chi connectivity index (χ4n) is 1.88. The maximum atomic E-state index is 11.5. The van der Waals surface area contributed by atoms with Gasteiger partial charge in [0.1, 0.15) is 0 Å². The normalized spacial score (nSPS) is 10.5. The van der Waals surface area contributed by atoms with Gasteiger partial charge in [-0.1, -0.05) is 18.2 Å². The molecule has 0 bridgehead atoms. The van der Waals surface area contributed by atoms with Gasteiger partial charge in [0.15, 0.2) is 0 Å². The van der Waals surface area contributed by atoms with Gasteiger partial charge in [0.25, 0.3) is 0 Å². The van der Waals surface area contributed by atoms with E-state index in [0.717, 1.165) is 16.5 Å². The van der Waals surface area contributed by atoms with Crippen LogP contribution in [0.4, 0.5) is 0 Å². The molecule has 0 amide bonds. The molecule has 0 radical (unpaired) electrons. The Morgan fingerprint density at radius 3 is 2.65 bits per heavy atom. The number of carbonyl (C=O) groups is 2. The number of ether oxygens (including phenoxy) is 1. The molecule has 1 aromatic heterocycles. The van der Waals surface area contributed by atoms with E-state index in [-0.39, 0.29) is 18.3 Å². The molecule has 0 saturated carbocycles. The first-order chi connectivity index (χ1) is 8.13. The molecule has 88 valence electrons. The third-order valence-corrected chi connectivity index (χ3v) is 2.70. The van der Waals surface area contributed by atoms with Crippen molar-refractivity contribution in [2.24, 2.45) is 0 Å². The molecular weight excluding hydrogens is 218 g/mol. The smallest absolute Gasteiger partial charge is 0.310 e. The van der Waals surface area contributed by atoms with Crippen molar-refractivity contribution in [3.8, 4) is 0 Å². The third-order valence-electron chi connectivity index (χ3n) is 2.70. The molecule has 2 rings (SSSR count). The zero-order valence-corrected chi connectivity index (χ0v) is 9.77. The van der Waals surface area contributed by atoms with E-state index < -0.39 is 0 Å². The zero-order valence-electron chi connectivity index (χ0n) is 9.77. The van der Waals surface area contributed by atoms with Crippen LogP contribution in [-0.4, -0.2) is 23.6 Å². The summed E-state index contributed by atoms with van der Waals surface area (Å²) in [7, 11) is 1.35. The van der Waals surface area contributed by atoms with Crippen molar-refractivity contribution in [2.75, 3.05) is 7.11 Å². The lowest BCUT2D eigenvalue weighted by Gasteiger charge is -1.97. The van der Waals surface area contributed by atoms with E-state index in [0.29, 0.717) is 0 Å². The van der Waals surface area contributed by atoms with Crippen molar-refractivity contribution >= 4 is 22.8 Å². The largest absolute Gasteiger partial charge is 0.469 e. The molecule has 0 fully saturated rings. The number of rotatable bonds is 2. The van der Waals surface area contributed by atoms with E-state index in [2.05, 4.69) is 4.74 Å². The molecule has 17 heavy (non-hydrogen) atoms.